The molecule has 0 saturated carbocycles. The lowest BCUT2D eigenvalue weighted by Gasteiger charge is -2.14. The van der Waals surface area contributed by atoms with E-state index in [1.54, 1.807) is 19.1 Å². The molecule has 0 bridgehead atoms. The van der Waals surface area contributed by atoms with Gasteiger partial charge in [0.25, 0.3) is 5.91 Å². The second-order valence-corrected chi connectivity index (χ2v) is 8.29. The number of hydrogen-bond acceptors (Lipinski definition) is 4. The van der Waals surface area contributed by atoms with Gasteiger partial charge in [0.1, 0.15) is 23.0 Å². The van der Waals surface area contributed by atoms with E-state index in [4.69, 9.17) is 9.15 Å². The van der Waals surface area contributed by atoms with Crippen LogP contribution in [0.4, 0.5) is 8.78 Å². The van der Waals surface area contributed by atoms with Crippen LogP contribution in [0.3, 0.4) is 0 Å². The summed E-state index contributed by atoms with van der Waals surface area (Å²) in [5, 5.41) is 3.20. The SMILES string of the molecule is CCCc1cc2oc(-c3ccc(F)cc3)c(C(=O)NC)c2cc1-c1cc(C(=O)OC)c(F)cc1C. The van der Waals surface area contributed by atoms with E-state index >= 15 is 0 Å². The molecule has 35 heavy (non-hydrogen) atoms. The zero-order chi connectivity index (χ0) is 25.3. The van der Waals surface area contributed by atoms with Crippen LogP contribution >= 0.6 is 0 Å². The zero-order valence-corrected chi connectivity index (χ0v) is 19.9. The van der Waals surface area contributed by atoms with Crippen LogP contribution < -0.4 is 5.32 Å². The highest BCUT2D eigenvalue weighted by atomic mass is 19.1. The van der Waals surface area contributed by atoms with E-state index in [1.807, 2.05) is 19.1 Å². The van der Waals surface area contributed by atoms with E-state index in [1.165, 1.54) is 38.4 Å². The highest BCUT2D eigenvalue weighted by Crippen LogP contribution is 2.39. The summed E-state index contributed by atoms with van der Waals surface area (Å²) in [6, 6.07) is 12.2. The molecule has 180 valence electrons. The largest absolute Gasteiger partial charge is 0.465 e. The Morgan fingerprint density at radius 1 is 1.03 bits per heavy atom. The first-order valence-corrected chi connectivity index (χ1v) is 11.2. The quantitative estimate of drug-likeness (QED) is 0.324. The Morgan fingerprint density at radius 3 is 2.37 bits per heavy atom. The molecule has 0 aliphatic heterocycles. The number of aryl methyl sites for hydroxylation is 2. The van der Waals surface area contributed by atoms with Crippen molar-refractivity contribution in [2.24, 2.45) is 0 Å². The third-order valence-electron chi connectivity index (χ3n) is 6.00. The molecule has 3 aromatic carbocycles. The van der Waals surface area contributed by atoms with Crippen molar-refractivity contribution in [1.82, 2.24) is 5.32 Å². The number of amides is 1. The fraction of sp³-hybridized carbons (Fsp3) is 0.214. The first-order valence-electron chi connectivity index (χ1n) is 11.2. The number of fused-ring (bicyclic) bond motifs is 1. The minimum absolute atomic E-state index is 0.165. The predicted octanol–water partition coefficient (Wildman–Crippen LogP) is 6.45. The fourth-order valence-corrected chi connectivity index (χ4v) is 4.30. The number of nitrogens with one attached hydrogen (secondary N) is 1. The number of rotatable bonds is 6. The summed E-state index contributed by atoms with van der Waals surface area (Å²) < 4.78 is 38.9. The molecule has 0 saturated heterocycles. The van der Waals surface area contributed by atoms with E-state index in [0.717, 1.165) is 17.5 Å². The summed E-state index contributed by atoms with van der Waals surface area (Å²) in [4.78, 5) is 25.1. The van der Waals surface area contributed by atoms with Crippen LogP contribution in [0.5, 0.6) is 0 Å². The average Bonchev–Trinajstić information content (AvgIpc) is 3.21. The van der Waals surface area contributed by atoms with Crippen LogP contribution in [0.25, 0.3) is 33.4 Å². The molecule has 0 radical (unpaired) electrons. The highest BCUT2D eigenvalue weighted by Gasteiger charge is 2.24. The van der Waals surface area contributed by atoms with Crippen LogP contribution in [-0.2, 0) is 11.2 Å². The van der Waals surface area contributed by atoms with Gasteiger partial charge in [-0.1, -0.05) is 13.3 Å². The second-order valence-electron chi connectivity index (χ2n) is 8.29. The number of furan rings is 1. The van der Waals surface area contributed by atoms with Crippen LogP contribution in [0.2, 0.25) is 0 Å². The van der Waals surface area contributed by atoms with E-state index in [9.17, 15) is 18.4 Å². The topological polar surface area (TPSA) is 68.5 Å². The first kappa shape index (κ1) is 24.1. The van der Waals surface area contributed by atoms with E-state index in [0.29, 0.717) is 45.4 Å². The molecule has 5 nitrogen and oxygen atoms in total. The minimum atomic E-state index is -0.769. The number of hydrogen-bond donors (Lipinski definition) is 1. The van der Waals surface area contributed by atoms with E-state index < -0.39 is 17.6 Å². The van der Waals surface area contributed by atoms with Gasteiger partial charge in [-0.05, 0) is 84.1 Å². The summed E-state index contributed by atoms with van der Waals surface area (Å²) in [6.45, 7) is 3.80. The fourth-order valence-electron chi connectivity index (χ4n) is 4.30. The Hall–Kier alpha value is -4.00. The first-order chi connectivity index (χ1) is 16.8. The number of methoxy groups -OCH3 is 1. The van der Waals surface area contributed by atoms with Crippen molar-refractivity contribution in [3.05, 3.63) is 82.4 Å². The van der Waals surface area contributed by atoms with Gasteiger partial charge in [0.05, 0.1) is 18.2 Å². The summed E-state index contributed by atoms with van der Waals surface area (Å²) in [5.74, 6) is -1.86. The van der Waals surface area contributed by atoms with Crippen molar-refractivity contribution in [3.8, 4) is 22.5 Å². The molecule has 0 unspecified atom stereocenters. The molecule has 1 aromatic heterocycles. The van der Waals surface area contributed by atoms with Crippen LogP contribution in [-0.4, -0.2) is 26.0 Å². The molecule has 0 aliphatic rings. The second kappa shape index (κ2) is 9.70. The number of benzene rings is 3. The molecule has 0 spiro atoms. The van der Waals surface area contributed by atoms with Crippen molar-refractivity contribution >= 4 is 22.8 Å². The van der Waals surface area contributed by atoms with Gasteiger partial charge in [0, 0.05) is 18.0 Å². The Labute approximate surface area is 201 Å². The van der Waals surface area contributed by atoms with Crippen molar-refractivity contribution in [3.63, 3.8) is 0 Å². The molecule has 1 amide bonds. The summed E-state index contributed by atoms with van der Waals surface area (Å²) in [5.41, 5.74) is 4.19. The molecule has 0 atom stereocenters. The van der Waals surface area contributed by atoms with Gasteiger partial charge in [0.15, 0.2) is 0 Å². The maximum absolute atomic E-state index is 14.5. The van der Waals surface area contributed by atoms with Crippen LogP contribution in [0.1, 0.15) is 45.2 Å². The number of halogens is 2. The molecule has 4 aromatic rings. The van der Waals surface area contributed by atoms with E-state index in [-0.39, 0.29) is 11.5 Å². The lowest BCUT2D eigenvalue weighted by molar-refractivity contribution is 0.0595. The van der Waals surface area contributed by atoms with Crippen LogP contribution in [0, 0.1) is 18.6 Å². The molecule has 7 heteroatoms. The Bertz CT molecular complexity index is 1440. The summed E-state index contributed by atoms with van der Waals surface area (Å²) >= 11 is 0. The molecular weight excluding hydrogens is 452 g/mol. The van der Waals surface area contributed by atoms with Crippen molar-refractivity contribution < 1.29 is 27.5 Å². The zero-order valence-electron chi connectivity index (χ0n) is 19.9. The van der Waals surface area contributed by atoms with Crippen molar-refractivity contribution in [1.29, 1.82) is 0 Å². The monoisotopic (exact) mass is 477 g/mol. The van der Waals surface area contributed by atoms with Crippen molar-refractivity contribution in [2.75, 3.05) is 14.2 Å². The maximum Gasteiger partial charge on any atom is 0.340 e. The maximum atomic E-state index is 14.5. The van der Waals surface area contributed by atoms with Crippen molar-refractivity contribution in [2.45, 2.75) is 26.7 Å². The Morgan fingerprint density at radius 2 is 1.74 bits per heavy atom. The van der Waals surface area contributed by atoms with Gasteiger partial charge in [-0.3, -0.25) is 4.79 Å². The normalized spacial score (nSPS) is 11.0. The van der Waals surface area contributed by atoms with Gasteiger partial charge >= 0.3 is 5.97 Å². The Kier molecular flexibility index (Phi) is 6.69. The molecule has 0 fully saturated rings. The van der Waals surface area contributed by atoms with Gasteiger partial charge in [-0.2, -0.15) is 0 Å². The standard InChI is InChI=1S/C28H25F2NO4/c1-5-6-17-12-24-22(14-20(17)19-13-21(28(33)34-4)23(30)11-15(19)2)25(27(32)31-3)26(35-24)16-7-9-18(29)10-8-16/h7-14H,5-6H2,1-4H3,(H,31,32). The number of esters is 1. The third kappa shape index (κ3) is 4.41. The Balaban J connectivity index is 2.04. The smallest absolute Gasteiger partial charge is 0.340 e. The lowest BCUT2D eigenvalue weighted by Crippen LogP contribution is -2.18. The van der Waals surface area contributed by atoms with Crippen LogP contribution in [0.15, 0.2) is 52.9 Å². The molecule has 1 heterocycles. The average molecular weight is 478 g/mol. The number of carbonyl (C=O) groups is 2. The minimum Gasteiger partial charge on any atom is -0.465 e. The van der Waals surface area contributed by atoms with Gasteiger partial charge in [0.2, 0.25) is 0 Å². The summed E-state index contributed by atoms with van der Waals surface area (Å²) in [7, 11) is 2.72. The number of carbonyl (C=O) groups excluding carboxylic acids is 2. The molecule has 0 aliphatic carbocycles. The molecular formula is C28H25F2NO4. The molecule has 1 N–H and O–H groups in total. The third-order valence-corrected chi connectivity index (χ3v) is 6.00. The highest BCUT2D eigenvalue weighted by molar-refractivity contribution is 6.12. The molecule has 4 rings (SSSR count). The van der Waals surface area contributed by atoms with Gasteiger partial charge in [-0.15, -0.1) is 0 Å². The van der Waals surface area contributed by atoms with Gasteiger partial charge < -0.3 is 14.5 Å². The lowest BCUT2D eigenvalue weighted by atomic mass is 9.90. The summed E-state index contributed by atoms with van der Waals surface area (Å²) in [6.07, 6.45) is 1.52. The van der Waals surface area contributed by atoms with E-state index in [2.05, 4.69) is 5.32 Å². The van der Waals surface area contributed by atoms with Gasteiger partial charge in [-0.25, -0.2) is 13.6 Å². The number of ether oxygens (including phenoxy) is 1. The predicted molar refractivity (Wildman–Crippen MR) is 130 cm³/mol.